The summed E-state index contributed by atoms with van der Waals surface area (Å²) in [7, 11) is 0. The molecule has 0 saturated carbocycles. The Morgan fingerprint density at radius 3 is 2.84 bits per heavy atom. The smallest absolute Gasteiger partial charge is 0.257 e. The maximum Gasteiger partial charge on any atom is 0.257 e. The van der Waals surface area contributed by atoms with E-state index in [1.807, 2.05) is 0 Å². The molecule has 25 heavy (non-hydrogen) atoms. The number of halogens is 1. The van der Waals surface area contributed by atoms with Crippen molar-refractivity contribution >= 4 is 39.9 Å². The van der Waals surface area contributed by atoms with Crippen molar-refractivity contribution in [2.24, 2.45) is 0 Å². The van der Waals surface area contributed by atoms with E-state index >= 15 is 0 Å². The summed E-state index contributed by atoms with van der Waals surface area (Å²) in [4.78, 5) is 28.4. The first-order chi connectivity index (χ1) is 12.1. The number of rotatable bonds is 6. The molecule has 1 atom stereocenters. The van der Waals surface area contributed by atoms with Crippen LogP contribution in [0.5, 0.6) is 0 Å². The predicted molar refractivity (Wildman–Crippen MR) is 97.2 cm³/mol. The Morgan fingerprint density at radius 2 is 2.12 bits per heavy atom. The third kappa shape index (κ3) is 5.26. The molecule has 0 unspecified atom stereocenters. The Kier molecular flexibility index (Phi) is 6.01. The summed E-state index contributed by atoms with van der Waals surface area (Å²) < 4.78 is 5.47. The molecule has 1 aromatic carbocycles. The molecular weight excluding hydrogens is 362 g/mol. The average Bonchev–Trinajstić information content (AvgIpc) is 3.25. The first-order valence-electron chi connectivity index (χ1n) is 8.00. The standard InChI is InChI=1S/C17H18ClN3O3S/c18-12-5-3-11(4-6-12)16(23)21-17-20-13(10-25-17)8-15(22)19-9-14-2-1-7-24-14/h3-6,10,14H,1-2,7-9H2,(H,19,22)(H,20,21,23)/t14-/m1/s1. The van der Waals surface area contributed by atoms with Gasteiger partial charge in [0.05, 0.1) is 18.2 Å². The van der Waals surface area contributed by atoms with Crippen molar-refractivity contribution in [2.75, 3.05) is 18.5 Å². The SMILES string of the molecule is O=C(Cc1csc(NC(=O)c2ccc(Cl)cc2)n1)NC[C@H]1CCCO1. The number of carbonyl (C=O) groups excluding carboxylic acids is 2. The van der Waals surface area contributed by atoms with Crippen LogP contribution in [0.2, 0.25) is 5.02 Å². The second-order valence-corrected chi connectivity index (χ2v) is 7.02. The van der Waals surface area contributed by atoms with Gasteiger partial charge in [0.1, 0.15) is 0 Å². The van der Waals surface area contributed by atoms with Gasteiger partial charge in [0, 0.05) is 29.1 Å². The highest BCUT2D eigenvalue weighted by Crippen LogP contribution is 2.18. The van der Waals surface area contributed by atoms with Gasteiger partial charge in [0.15, 0.2) is 5.13 Å². The van der Waals surface area contributed by atoms with Gasteiger partial charge < -0.3 is 10.1 Å². The van der Waals surface area contributed by atoms with E-state index in [-0.39, 0.29) is 24.3 Å². The van der Waals surface area contributed by atoms with Crippen molar-refractivity contribution in [3.63, 3.8) is 0 Å². The van der Waals surface area contributed by atoms with Crippen molar-refractivity contribution in [1.82, 2.24) is 10.3 Å². The average molecular weight is 380 g/mol. The largest absolute Gasteiger partial charge is 0.376 e. The molecule has 1 saturated heterocycles. The van der Waals surface area contributed by atoms with E-state index in [1.165, 1.54) is 11.3 Å². The van der Waals surface area contributed by atoms with Crippen molar-refractivity contribution < 1.29 is 14.3 Å². The van der Waals surface area contributed by atoms with Crippen LogP contribution >= 0.6 is 22.9 Å². The zero-order valence-corrected chi connectivity index (χ0v) is 15.0. The van der Waals surface area contributed by atoms with Crippen molar-refractivity contribution in [3.05, 3.63) is 45.9 Å². The molecule has 6 nitrogen and oxygen atoms in total. The normalized spacial score (nSPS) is 16.6. The summed E-state index contributed by atoms with van der Waals surface area (Å²) >= 11 is 7.10. The maximum absolute atomic E-state index is 12.1. The van der Waals surface area contributed by atoms with Crippen LogP contribution < -0.4 is 10.6 Å². The fourth-order valence-corrected chi connectivity index (χ4v) is 3.31. The number of hydrogen-bond acceptors (Lipinski definition) is 5. The van der Waals surface area contributed by atoms with E-state index in [1.54, 1.807) is 29.6 Å². The first-order valence-corrected chi connectivity index (χ1v) is 9.25. The summed E-state index contributed by atoms with van der Waals surface area (Å²) in [6.45, 7) is 1.30. The predicted octanol–water partition coefficient (Wildman–Crippen LogP) is 2.89. The van der Waals surface area contributed by atoms with Crippen LogP contribution in [0.3, 0.4) is 0 Å². The first kappa shape index (κ1) is 17.8. The van der Waals surface area contributed by atoms with Gasteiger partial charge in [-0.15, -0.1) is 11.3 Å². The Morgan fingerprint density at radius 1 is 1.32 bits per heavy atom. The summed E-state index contributed by atoms with van der Waals surface area (Å²) in [6, 6.07) is 6.60. The molecule has 2 amide bonds. The number of ether oxygens (including phenoxy) is 1. The van der Waals surface area contributed by atoms with E-state index in [0.717, 1.165) is 19.4 Å². The van der Waals surface area contributed by atoms with Gasteiger partial charge in [-0.2, -0.15) is 0 Å². The lowest BCUT2D eigenvalue weighted by Gasteiger charge is -2.09. The molecule has 1 aromatic heterocycles. The van der Waals surface area contributed by atoms with Gasteiger partial charge in [0.2, 0.25) is 5.91 Å². The number of hydrogen-bond donors (Lipinski definition) is 2. The van der Waals surface area contributed by atoms with Gasteiger partial charge in [-0.1, -0.05) is 11.6 Å². The van der Waals surface area contributed by atoms with Gasteiger partial charge >= 0.3 is 0 Å². The molecule has 2 heterocycles. The summed E-state index contributed by atoms with van der Waals surface area (Å²) in [6.07, 6.45) is 2.33. The minimum atomic E-state index is -0.264. The van der Waals surface area contributed by atoms with Gasteiger partial charge in [-0.25, -0.2) is 4.98 Å². The minimum absolute atomic E-state index is 0.101. The highest BCUT2D eigenvalue weighted by molar-refractivity contribution is 7.14. The number of carbonyl (C=O) groups is 2. The van der Waals surface area contributed by atoms with Gasteiger partial charge in [-0.3, -0.25) is 14.9 Å². The molecule has 2 aromatic rings. The number of nitrogens with one attached hydrogen (secondary N) is 2. The molecule has 132 valence electrons. The van der Waals surface area contributed by atoms with Crippen molar-refractivity contribution in [1.29, 1.82) is 0 Å². The van der Waals surface area contributed by atoms with E-state index in [9.17, 15) is 9.59 Å². The quantitative estimate of drug-likeness (QED) is 0.808. The summed E-state index contributed by atoms with van der Waals surface area (Å²) in [5, 5.41) is 8.38. The zero-order chi connectivity index (χ0) is 17.6. The van der Waals surface area contributed by atoms with Crippen LogP contribution in [0.15, 0.2) is 29.6 Å². The van der Waals surface area contributed by atoms with Gasteiger partial charge in [0.25, 0.3) is 5.91 Å². The number of aromatic nitrogens is 1. The number of thiazole rings is 1. The molecule has 3 rings (SSSR count). The third-order valence-corrected chi connectivity index (χ3v) is 4.83. The highest BCUT2D eigenvalue weighted by Gasteiger charge is 2.17. The molecule has 0 bridgehead atoms. The summed E-state index contributed by atoms with van der Waals surface area (Å²) in [5.41, 5.74) is 1.12. The molecular formula is C17H18ClN3O3S. The van der Waals surface area contributed by atoms with E-state index in [0.29, 0.717) is 28.0 Å². The molecule has 2 N–H and O–H groups in total. The topological polar surface area (TPSA) is 80.3 Å². The number of benzene rings is 1. The minimum Gasteiger partial charge on any atom is -0.376 e. The molecule has 1 aliphatic rings. The Bertz CT molecular complexity index is 742. The second-order valence-electron chi connectivity index (χ2n) is 5.72. The van der Waals surface area contributed by atoms with E-state index in [4.69, 9.17) is 16.3 Å². The Hall–Kier alpha value is -1.96. The molecule has 0 spiro atoms. The highest BCUT2D eigenvalue weighted by atomic mass is 35.5. The van der Waals surface area contributed by atoms with Crippen molar-refractivity contribution in [2.45, 2.75) is 25.4 Å². The van der Waals surface area contributed by atoms with Crippen molar-refractivity contribution in [3.8, 4) is 0 Å². The van der Waals surface area contributed by atoms with E-state index in [2.05, 4.69) is 15.6 Å². The van der Waals surface area contributed by atoms with E-state index < -0.39 is 0 Å². The lowest BCUT2D eigenvalue weighted by molar-refractivity contribution is -0.121. The van der Waals surface area contributed by atoms with Crippen LogP contribution in [-0.2, 0) is 16.0 Å². The molecule has 1 fully saturated rings. The second kappa shape index (κ2) is 8.42. The van der Waals surface area contributed by atoms with Crippen LogP contribution in [0.1, 0.15) is 28.9 Å². The molecule has 1 aliphatic heterocycles. The Labute approximate surface area is 154 Å². The van der Waals surface area contributed by atoms with Crippen LogP contribution in [-0.4, -0.2) is 36.1 Å². The number of amides is 2. The lowest BCUT2D eigenvalue weighted by Crippen LogP contribution is -2.32. The summed E-state index contributed by atoms with van der Waals surface area (Å²) in [5.74, 6) is -0.364. The maximum atomic E-state index is 12.1. The van der Waals surface area contributed by atoms with Crippen LogP contribution in [0.25, 0.3) is 0 Å². The fourth-order valence-electron chi connectivity index (χ4n) is 2.48. The number of nitrogens with zero attached hydrogens (tertiary/aromatic N) is 1. The van der Waals surface area contributed by atoms with Gasteiger partial charge in [-0.05, 0) is 37.1 Å². The Balaban J connectivity index is 1.48. The van der Waals surface area contributed by atoms with Crippen LogP contribution in [0.4, 0.5) is 5.13 Å². The monoisotopic (exact) mass is 379 g/mol. The molecule has 0 aliphatic carbocycles. The fraction of sp³-hybridized carbons (Fsp3) is 0.353. The van der Waals surface area contributed by atoms with Crippen LogP contribution in [0, 0.1) is 0 Å². The zero-order valence-electron chi connectivity index (χ0n) is 13.5. The number of anilines is 1. The molecule has 0 radical (unpaired) electrons. The third-order valence-electron chi connectivity index (χ3n) is 3.77. The molecule has 8 heteroatoms. The lowest BCUT2D eigenvalue weighted by atomic mass is 10.2.